The van der Waals surface area contributed by atoms with Crippen LogP contribution in [0.3, 0.4) is 0 Å². The molecule has 0 radical (unpaired) electrons. The summed E-state index contributed by atoms with van der Waals surface area (Å²) >= 11 is 12.3. The Balaban J connectivity index is 1.66. The van der Waals surface area contributed by atoms with E-state index in [0.29, 0.717) is 30.0 Å². The molecular formula is C21H19Cl2FN4O2. The first-order valence-electron chi connectivity index (χ1n) is 9.28. The molecule has 0 bridgehead atoms. The van der Waals surface area contributed by atoms with Gasteiger partial charge in [0.2, 0.25) is 0 Å². The molecule has 1 aromatic carbocycles. The highest BCUT2D eigenvalue weighted by Gasteiger charge is 2.22. The van der Waals surface area contributed by atoms with Crippen molar-refractivity contribution in [3.63, 3.8) is 0 Å². The Morgan fingerprint density at radius 2 is 1.97 bits per heavy atom. The van der Waals surface area contributed by atoms with Crippen molar-refractivity contribution < 1.29 is 14.2 Å². The summed E-state index contributed by atoms with van der Waals surface area (Å²) in [5, 5.41) is 13.5. The van der Waals surface area contributed by atoms with E-state index in [1.165, 1.54) is 12.1 Å². The van der Waals surface area contributed by atoms with Crippen LogP contribution in [0.2, 0.25) is 10.0 Å². The van der Waals surface area contributed by atoms with Crippen LogP contribution in [0.15, 0.2) is 36.7 Å². The summed E-state index contributed by atoms with van der Waals surface area (Å²) in [4.78, 5) is 8.65. The van der Waals surface area contributed by atoms with Gasteiger partial charge in [-0.05, 0) is 31.2 Å². The number of hydrogen-bond donors (Lipinski definition) is 3. The molecule has 156 valence electrons. The fourth-order valence-electron chi connectivity index (χ4n) is 3.41. The molecule has 2 aromatic heterocycles. The van der Waals surface area contributed by atoms with E-state index < -0.39 is 18.0 Å². The van der Waals surface area contributed by atoms with Gasteiger partial charge in [-0.15, -0.1) is 0 Å². The lowest BCUT2D eigenvalue weighted by molar-refractivity contribution is 0.164. The van der Waals surface area contributed by atoms with Crippen LogP contribution >= 0.6 is 23.2 Å². The highest BCUT2D eigenvalue weighted by molar-refractivity contribution is 6.36. The fraction of sp³-hybridized carbons (Fsp3) is 0.238. The molecule has 2 atom stereocenters. The van der Waals surface area contributed by atoms with Crippen molar-refractivity contribution in [2.45, 2.75) is 25.7 Å². The third-order valence-corrected chi connectivity index (χ3v) is 5.71. The molecule has 1 unspecified atom stereocenters. The largest absolute Gasteiger partial charge is 0.482 e. The third-order valence-electron chi connectivity index (χ3n) is 5.00. The molecule has 3 heterocycles. The number of rotatable bonds is 4. The lowest BCUT2D eigenvalue weighted by atomic mass is 9.99. The molecule has 1 aliphatic heterocycles. The normalized spacial score (nSPS) is 16.8. The van der Waals surface area contributed by atoms with E-state index in [0.717, 1.165) is 16.8 Å². The van der Waals surface area contributed by atoms with E-state index in [1.54, 1.807) is 25.4 Å². The molecule has 0 amide bonds. The molecule has 1 aliphatic rings. The summed E-state index contributed by atoms with van der Waals surface area (Å²) < 4.78 is 19.8. The van der Waals surface area contributed by atoms with Crippen molar-refractivity contribution in [1.29, 1.82) is 0 Å². The van der Waals surface area contributed by atoms with E-state index >= 15 is 0 Å². The number of nitrogens with one attached hydrogen (secondary N) is 1. The minimum Gasteiger partial charge on any atom is -0.482 e. The number of aliphatic hydroxyl groups excluding tert-OH is 1. The maximum Gasteiger partial charge on any atom is 0.166 e. The number of hydrogen-bond acceptors (Lipinski definition) is 6. The molecule has 0 aliphatic carbocycles. The van der Waals surface area contributed by atoms with Crippen LogP contribution in [0.4, 0.5) is 10.2 Å². The maximum absolute atomic E-state index is 13.9. The van der Waals surface area contributed by atoms with E-state index in [-0.39, 0.29) is 15.9 Å². The number of nitrogens with zero attached hydrogens (tertiary/aromatic N) is 2. The summed E-state index contributed by atoms with van der Waals surface area (Å²) in [7, 11) is 0. The average molecular weight is 449 g/mol. The molecule has 9 heteroatoms. The van der Waals surface area contributed by atoms with Gasteiger partial charge in [0, 0.05) is 52.8 Å². The Bertz CT molecular complexity index is 1110. The van der Waals surface area contributed by atoms with Gasteiger partial charge in [0.05, 0.1) is 16.8 Å². The number of aromatic nitrogens is 2. The van der Waals surface area contributed by atoms with Gasteiger partial charge in [0.25, 0.3) is 0 Å². The first kappa shape index (κ1) is 20.8. The topological polar surface area (TPSA) is 93.3 Å². The molecule has 6 nitrogen and oxygen atoms in total. The molecule has 0 saturated carbocycles. The highest BCUT2D eigenvalue weighted by Crippen LogP contribution is 2.37. The number of ether oxygens (including phenoxy) is 1. The average Bonchev–Trinajstić information content (AvgIpc) is 2.73. The number of nitrogen functional groups attached to an aromatic ring is 1. The third kappa shape index (κ3) is 3.94. The van der Waals surface area contributed by atoms with Crippen molar-refractivity contribution in [2.24, 2.45) is 0 Å². The number of pyridine rings is 2. The summed E-state index contributed by atoms with van der Waals surface area (Å²) in [6, 6.07) is 6.23. The zero-order valence-electron chi connectivity index (χ0n) is 16.0. The Morgan fingerprint density at radius 1 is 1.23 bits per heavy atom. The Kier molecular flexibility index (Phi) is 5.79. The molecule has 0 fully saturated rings. The van der Waals surface area contributed by atoms with Crippen LogP contribution in [0, 0.1) is 5.82 Å². The monoisotopic (exact) mass is 448 g/mol. The minimum absolute atomic E-state index is 0.0980. The van der Waals surface area contributed by atoms with Gasteiger partial charge in [-0.3, -0.25) is 4.98 Å². The molecular weight excluding hydrogens is 430 g/mol. The van der Waals surface area contributed by atoms with Crippen molar-refractivity contribution in [3.8, 4) is 16.9 Å². The van der Waals surface area contributed by atoms with Crippen molar-refractivity contribution in [1.82, 2.24) is 15.3 Å². The first-order valence-corrected chi connectivity index (χ1v) is 10.0. The number of benzene rings is 1. The Labute approximate surface area is 182 Å². The smallest absolute Gasteiger partial charge is 0.166 e. The summed E-state index contributed by atoms with van der Waals surface area (Å²) in [6.07, 6.45) is 2.01. The van der Waals surface area contributed by atoms with Crippen LogP contribution in [-0.2, 0) is 6.54 Å². The molecule has 3 aromatic rings. The van der Waals surface area contributed by atoms with Crippen molar-refractivity contribution in [2.75, 3.05) is 12.3 Å². The molecule has 4 N–H and O–H groups in total. The van der Waals surface area contributed by atoms with Gasteiger partial charge >= 0.3 is 0 Å². The zero-order valence-corrected chi connectivity index (χ0v) is 17.5. The number of anilines is 1. The maximum atomic E-state index is 13.9. The standard InChI is InChI=1S/C21H19Cl2FN4O2/c1-10(19-14(22)2-3-15(24)20(19)23)30-18-5-12(7-28-21(18)25)11-4-13-16(27-6-11)8-26-9-17(13)29/h2-7,10,17,26,29H,8-9H2,1H3,(H2,25,28)/t10-,17?/m1/s1. The SMILES string of the molecule is C[C@@H](Oc1cc(-c2cnc3c(c2)C(O)CNC3)cnc1N)c1c(Cl)ccc(F)c1Cl. The number of halogens is 3. The number of fused-ring (bicyclic) bond motifs is 1. The lowest BCUT2D eigenvalue weighted by Gasteiger charge is -2.22. The first-order chi connectivity index (χ1) is 14.3. The molecule has 0 saturated heterocycles. The van der Waals surface area contributed by atoms with Gasteiger partial charge in [-0.25, -0.2) is 9.37 Å². The fourth-order valence-corrected chi connectivity index (χ4v) is 4.09. The minimum atomic E-state index is -0.672. The van der Waals surface area contributed by atoms with Crippen LogP contribution in [0.5, 0.6) is 5.75 Å². The molecule has 4 rings (SSSR count). The summed E-state index contributed by atoms with van der Waals surface area (Å²) in [6.45, 7) is 2.77. The zero-order chi connectivity index (χ0) is 21.4. The van der Waals surface area contributed by atoms with Gasteiger partial charge in [0.15, 0.2) is 11.6 Å². The second-order valence-corrected chi connectivity index (χ2v) is 7.82. The van der Waals surface area contributed by atoms with E-state index in [9.17, 15) is 9.50 Å². The van der Waals surface area contributed by atoms with Gasteiger partial charge < -0.3 is 20.9 Å². The number of nitrogens with two attached hydrogens (primary N) is 1. The van der Waals surface area contributed by atoms with E-state index in [4.69, 9.17) is 33.7 Å². The second kappa shape index (κ2) is 8.35. The van der Waals surface area contributed by atoms with Crippen LogP contribution in [0.25, 0.3) is 11.1 Å². The molecule has 30 heavy (non-hydrogen) atoms. The summed E-state index contributed by atoms with van der Waals surface area (Å²) in [5.74, 6) is -0.111. The van der Waals surface area contributed by atoms with Gasteiger partial charge in [-0.1, -0.05) is 23.2 Å². The van der Waals surface area contributed by atoms with Gasteiger partial charge in [0.1, 0.15) is 11.9 Å². The Hall–Kier alpha value is -2.45. The van der Waals surface area contributed by atoms with Crippen LogP contribution < -0.4 is 15.8 Å². The number of aliphatic hydroxyl groups is 1. The lowest BCUT2D eigenvalue weighted by Crippen LogP contribution is -2.28. The number of β-amino-alcohol motifs (C(OH)–C–C–N with tert-alkyl or cyclic N) is 1. The van der Waals surface area contributed by atoms with E-state index in [2.05, 4.69) is 15.3 Å². The van der Waals surface area contributed by atoms with Crippen molar-refractivity contribution in [3.05, 3.63) is 69.3 Å². The van der Waals surface area contributed by atoms with Crippen molar-refractivity contribution >= 4 is 29.0 Å². The van der Waals surface area contributed by atoms with Crippen LogP contribution in [-0.4, -0.2) is 21.6 Å². The Morgan fingerprint density at radius 3 is 2.77 bits per heavy atom. The highest BCUT2D eigenvalue weighted by atomic mass is 35.5. The second-order valence-electron chi connectivity index (χ2n) is 7.03. The van der Waals surface area contributed by atoms with Crippen LogP contribution in [0.1, 0.15) is 36.0 Å². The summed E-state index contributed by atoms with van der Waals surface area (Å²) in [5.41, 5.74) is 9.38. The predicted molar refractivity (Wildman–Crippen MR) is 114 cm³/mol. The quantitative estimate of drug-likeness (QED) is 0.510. The predicted octanol–water partition coefficient (Wildman–Crippen LogP) is 4.45. The van der Waals surface area contributed by atoms with E-state index in [1.807, 2.05) is 6.07 Å². The molecule has 0 spiro atoms. The van der Waals surface area contributed by atoms with Gasteiger partial charge in [-0.2, -0.15) is 0 Å².